The molecule has 2 N–H and O–H groups in total. The fourth-order valence-corrected chi connectivity index (χ4v) is 1.50. The van der Waals surface area contributed by atoms with Gasteiger partial charge in [-0.1, -0.05) is 6.07 Å². The molecule has 0 aliphatic carbocycles. The van der Waals surface area contributed by atoms with Crippen molar-refractivity contribution in [2.75, 3.05) is 0 Å². The van der Waals surface area contributed by atoms with Gasteiger partial charge in [0.2, 0.25) is 0 Å². The van der Waals surface area contributed by atoms with Crippen LogP contribution in [0.25, 0.3) is 11.3 Å². The average Bonchev–Trinajstić information content (AvgIpc) is 2.81. The molecule has 1 aromatic carbocycles. The standard InChI is InChI=1S/C12H8O5/c13-11(14)8-4-3-7(6-9(8)12(15)16)10-2-1-5-17-10/h1-6H,(H,13,14)(H,15,16). The maximum Gasteiger partial charge on any atom is 0.336 e. The van der Waals surface area contributed by atoms with Crippen molar-refractivity contribution in [2.45, 2.75) is 0 Å². The lowest BCUT2D eigenvalue weighted by molar-refractivity contribution is 0.0651. The van der Waals surface area contributed by atoms with Gasteiger partial charge >= 0.3 is 11.9 Å². The van der Waals surface area contributed by atoms with Crippen molar-refractivity contribution in [1.82, 2.24) is 0 Å². The van der Waals surface area contributed by atoms with Crippen LogP contribution in [0.15, 0.2) is 41.0 Å². The number of aromatic carboxylic acids is 2. The number of carbonyl (C=O) groups is 2. The topological polar surface area (TPSA) is 87.7 Å². The van der Waals surface area contributed by atoms with Gasteiger partial charge in [-0.15, -0.1) is 0 Å². The largest absolute Gasteiger partial charge is 0.478 e. The van der Waals surface area contributed by atoms with E-state index in [1.165, 1.54) is 24.5 Å². The molecule has 0 spiro atoms. The Balaban J connectivity index is 2.57. The summed E-state index contributed by atoms with van der Waals surface area (Å²) in [6.07, 6.45) is 1.46. The van der Waals surface area contributed by atoms with Crippen molar-refractivity contribution in [1.29, 1.82) is 0 Å². The Kier molecular flexibility index (Phi) is 2.66. The smallest absolute Gasteiger partial charge is 0.336 e. The Morgan fingerprint density at radius 1 is 1.00 bits per heavy atom. The second-order valence-electron chi connectivity index (χ2n) is 3.35. The van der Waals surface area contributed by atoms with E-state index in [1.54, 1.807) is 12.1 Å². The molecule has 0 atom stereocenters. The van der Waals surface area contributed by atoms with Crippen LogP contribution >= 0.6 is 0 Å². The summed E-state index contributed by atoms with van der Waals surface area (Å²) >= 11 is 0. The molecular formula is C12H8O5. The Morgan fingerprint density at radius 2 is 1.71 bits per heavy atom. The predicted octanol–water partition coefficient (Wildman–Crippen LogP) is 2.34. The molecular weight excluding hydrogens is 224 g/mol. The van der Waals surface area contributed by atoms with Gasteiger partial charge in [0, 0.05) is 5.56 Å². The molecule has 0 bridgehead atoms. The third-order valence-electron chi connectivity index (χ3n) is 2.29. The van der Waals surface area contributed by atoms with Gasteiger partial charge in [-0.05, 0) is 24.3 Å². The van der Waals surface area contributed by atoms with Gasteiger partial charge in [-0.25, -0.2) is 9.59 Å². The molecule has 2 rings (SSSR count). The maximum absolute atomic E-state index is 11.0. The SMILES string of the molecule is O=C(O)c1ccc(-c2ccco2)cc1C(=O)O. The summed E-state index contributed by atoms with van der Waals surface area (Å²) in [5.74, 6) is -2.06. The molecule has 0 aliphatic rings. The van der Waals surface area contributed by atoms with Crippen LogP contribution in [0.4, 0.5) is 0 Å². The van der Waals surface area contributed by atoms with Gasteiger partial charge in [-0.2, -0.15) is 0 Å². The third kappa shape index (κ3) is 2.03. The second-order valence-corrected chi connectivity index (χ2v) is 3.35. The highest BCUT2D eigenvalue weighted by Gasteiger charge is 2.17. The Labute approximate surface area is 95.9 Å². The van der Waals surface area contributed by atoms with Crippen LogP contribution in [0.1, 0.15) is 20.7 Å². The average molecular weight is 232 g/mol. The van der Waals surface area contributed by atoms with E-state index in [9.17, 15) is 9.59 Å². The maximum atomic E-state index is 11.0. The summed E-state index contributed by atoms with van der Waals surface area (Å²) in [7, 11) is 0. The van der Waals surface area contributed by atoms with E-state index in [0.717, 1.165) is 0 Å². The molecule has 0 unspecified atom stereocenters. The van der Waals surface area contributed by atoms with Gasteiger partial charge in [-0.3, -0.25) is 0 Å². The van der Waals surface area contributed by atoms with Crippen molar-refractivity contribution < 1.29 is 24.2 Å². The second kappa shape index (κ2) is 4.13. The van der Waals surface area contributed by atoms with Crippen molar-refractivity contribution in [3.63, 3.8) is 0 Å². The number of carboxylic acid groups (broad SMARTS) is 2. The summed E-state index contributed by atoms with van der Waals surface area (Å²) in [6, 6.07) is 7.38. The number of furan rings is 1. The Morgan fingerprint density at radius 3 is 2.24 bits per heavy atom. The van der Waals surface area contributed by atoms with Crippen molar-refractivity contribution in [3.05, 3.63) is 47.7 Å². The first-order chi connectivity index (χ1) is 8.09. The zero-order valence-corrected chi connectivity index (χ0v) is 8.58. The Hall–Kier alpha value is -2.56. The van der Waals surface area contributed by atoms with Gasteiger partial charge in [0.25, 0.3) is 0 Å². The minimum Gasteiger partial charge on any atom is -0.478 e. The highest BCUT2D eigenvalue weighted by atomic mass is 16.4. The van der Waals surface area contributed by atoms with E-state index in [1.807, 2.05) is 0 Å². The number of hydrogen-bond donors (Lipinski definition) is 2. The summed E-state index contributed by atoms with van der Waals surface area (Å²) in [5.41, 5.74) is 0.0246. The van der Waals surface area contributed by atoms with Gasteiger partial charge < -0.3 is 14.6 Å². The monoisotopic (exact) mass is 232 g/mol. The van der Waals surface area contributed by atoms with E-state index in [2.05, 4.69) is 0 Å². The van der Waals surface area contributed by atoms with Crippen LogP contribution in [0.3, 0.4) is 0 Å². The zero-order chi connectivity index (χ0) is 12.4. The lowest BCUT2D eigenvalue weighted by Gasteiger charge is -2.03. The lowest BCUT2D eigenvalue weighted by atomic mass is 10.0. The molecule has 0 saturated heterocycles. The molecule has 1 aromatic heterocycles. The van der Waals surface area contributed by atoms with Crippen molar-refractivity contribution in [2.24, 2.45) is 0 Å². The zero-order valence-electron chi connectivity index (χ0n) is 8.58. The van der Waals surface area contributed by atoms with E-state index in [4.69, 9.17) is 14.6 Å². The predicted molar refractivity (Wildman–Crippen MR) is 58.1 cm³/mol. The van der Waals surface area contributed by atoms with Crippen molar-refractivity contribution in [3.8, 4) is 11.3 Å². The fourth-order valence-electron chi connectivity index (χ4n) is 1.50. The minimum atomic E-state index is -1.28. The van der Waals surface area contributed by atoms with E-state index >= 15 is 0 Å². The number of carboxylic acids is 2. The fraction of sp³-hybridized carbons (Fsp3) is 0. The highest BCUT2D eigenvalue weighted by Crippen LogP contribution is 2.23. The Bertz CT molecular complexity index is 569. The molecule has 0 aliphatic heterocycles. The van der Waals surface area contributed by atoms with Crippen LogP contribution in [-0.4, -0.2) is 22.2 Å². The van der Waals surface area contributed by atoms with Crippen LogP contribution < -0.4 is 0 Å². The summed E-state index contributed by atoms with van der Waals surface area (Å²) in [6.45, 7) is 0. The molecule has 5 nitrogen and oxygen atoms in total. The van der Waals surface area contributed by atoms with Gasteiger partial charge in [0.15, 0.2) is 0 Å². The van der Waals surface area contributed by atoms with Crippen LogP contribution in [-0.2, 0) is 0 Å². The summed E-state index contributed by atoms with van der Waals surface area (Å²) < 4.78 is 5.11. The number of hydrogen-bond acceptors (Lipinski definition) is 3. The van der Waals surface area contributed by atoms with Crippen molar-refractivity contribution >= 4 is 11.9 Å². The molecule has 0 amide bonds. The molecule has 0 fully saturated rings. The first-order valence-electron chi connectivity index (χ1n) is 4.74. The summed E-state index contributed by atoms with van der Waals surface area (Å²) in [5, 5.41) is 17.8. The molecule has 17 heavy (non-hydrogen) atoms. The highest BCUT2D eigenvalue weighted by molar-refractivity contribution is 6.02. The van der Waals surface area contributed by atoms with Gasteiger partial charge in [0.05, 0.1) is 17.4 Å². The lowest BCUT2D eigenvalue weighted by Crippen LogP contribution is -2.07. The minimum absolute atomic E-state index is 0.243. The normalized spacial score (nSPS) is 10.1. The molecule has 0 radical (unpaired) electrons. The number of benzene rings is 1. The van der Waals surface area contributed by atoms with Crippen LogP contribution in [0, 0.1) is 0 Å². The molecule has 2 aromatic rings. The first kappa shape index (κ1) is 10.9. The van der Waals surface area contributed by atoms with E-state index < -0.39 is 11.9 Å². The molecule has 86 valence electrons. The third-order valence-corrected chi connectivity index (χ3v) is 2.29. The van der Waals surface area contributed by atoms with E-state index in [-0.39, 0.29) is 11.1 Å². The van der Waals surface area contributed by atoms with Crippen LogP contribution in [0.2, 0.25) is 0 Å². The first-order valence-corrected chi connectivity index (χ1v) is 4.74. The number of rotatable bonds is 3. The van der Waals surface area contributed by atoms with E-state index in [0.29, 0.717) is 11.3 Å². The molecule has 0 saturated carbocycles. The van der Waals surface area contributed by atoms with Crippen LogP contribution in [0.5, 0.6) is 0 Å². The summed E-state index contributed by atoms with van der Waals surface area (Å²) in [4.78, 5) is 21.8. The molecule has 5 heteroatoms. The van der Waals surface area contributed by atoms with Gasteiger partial charge in [0.1, 0.15) is 5.76 Å². The quantitative estimate of drug-likeness (QED) is 0.847. The molecule has 1 heterocycles.